The van der Waals surface area contributed by atoms with Gasteiger partial charge in [-0.2, -0.15) is 8.42 Å². The van der Waals surface area contributed by atoms with Gasteiger partial charge in [-0.1, -0.05) is 0 Å². The number of hydrogen-bond acceptors (Lipinski definition) is 3. The Hall–Kier alpha value is -0.950. The van der Waals surface area contributed by atoms with E-state index in [0.29, 0.717) is 24.9 Å². The number of halogens is 2. The van der Waals surface area contributed by atoms with E-state index in [-0.39, 0.29) is 10.4 Å². The Morgan fingerprint density at radius 1 is 1.29 bits per heavy atom. The van der Waals surface area contributed by atoms with Crippen LogP contribution < -0.4 is 5.32 Å². The fraction of sp³-hybridized carbons (Fsp3) is 0.300. The van der Waals surface area contributed by atoms with Gasteiger partial charge in [0.2, 0.25) is 5.91 Å². The van der Waals surface area contributed by atoms with Crippen LogP contribution in [0.15, 0.2) is 21.5 Å². The molecule has 0 saturated carbocycles. The summed E-state index contributed by atoms with van der Waals surface area (Å²) in [6.45, 7) is 0. The van der Waals surface area contributed by atoms with Gasteiger partial charge in [0.25, 0.3) is 0 Å². The van der Waals surface area contributed by atoms with E-state index in [9.17, 15) is 17.1 Å². The molecule has 1 N–H and O–H groups in total. The Morgan fingerprint density at radius 2 is 2.00 bits per heavy atom. The SMILES string of the molecule is O=C1CCCc2cc(Br)c(S(=O)(=O)F)cc2N1. The first-order valence-corrected chi connectivity index (χ1v) is 7.12. The molecule has 0 fully saturated rings. The number of rotatable bonds is 1. The fourth-order valence-corrected chi connectivity index (χ4v) is 3.28. The van der Waals surface area contributed by atoms with Gasteiger partial charge in [0.15, 0.2) is 0 Å². The van der Waals surface area contributed by atoms with Gasteiger partial charge in [0.1, 0.15) is 4.90 Å². The molecule has 4 nitrogen and oxygen atoms in total. The van der Waals surface area contributed by atoms with Crippen molar-refractivity contribution in [3.63, 3.8) is 0 Å². The van der Waals surface area contributed by atoms with E-state index in [4.69, 9.17) is 0 Å². The van der Waals surface area contributed by atoms with Gasteiger partial charge in [-0.15, -0.1) is 3.89 Å². The van der Waals surface area contributed by atoms with E-state index in [1.54, 1.807) is 0 Å². The maximum atomic E-state index is 13.0. The lowest BCUT2D eigenvalue weighted by molar-refractivity contribution is -0.116. The largest absolute Gasteiger partial charge is 0.333 e. The zero-order valence-electron chi connectivity index (χ0n) is 8.66. The molecule has 0 aromatic heterocycles. The lowest BCUT2D eigenvalue weighted by Crippen LogP contribution is -2.10. The highest BCUT2D eigenvalue weighted by Gasteiger charge is 2.21. The highest BCUT2D eigenvalue weighted by Crippen LogP contribution is 2.32. The number of aryl methyl sites for hydroxylation is 1. The minimum absolute atomic E-state index is 0.176. The molecule has 2 rings (SSSR count). The monoisotopic (exact) mass is 321 g/mol. The number of anilines is 1. The van der Waals surface area contributed by atoms with Gasteiger partial charge in [-0.25, -0.2) is 0 Å². The molecule has 1 heterocycles. The molecule has 0 atom stereocenters. The third kappa shape index (κ3) is 2.66. The first kappa shape index (κ1) is 12.5. The van der Waals surface area contributed by atoms with Crippen molar-refractivity contribution in [2.75, 3.05) is 5.32 Å². The van der Waals surface area contributed by atoms with Crippen LogP contribution in [0.2, 0.25) is 0 Å². The van der Waals surface area contributed by atoms with E-state index in [1.165, 1.54) is 6.07 Å². The van der Waals surface area contributed by atoms with Crippen molar-refractivity contribution in [2.24, 2.45) is 0 Å². The molecule has 0 spiro atoms. The average molecular weight is 322 g/mol. The summed E-state index contributed by atoms with van der Waals surface area (Å²) in [7, 11) is -4.79. The van der Waals surface area contributed by atoms with Crippen LogP contribution in [0.5, 0.6) is 0 Å². The average Bonchev–Trinajstić information content (AvgIpc) is 2.36. The van der Waals surface area contributed by atoms with Crippen LogP contribution in [0, 0.1) is 0 Å². The Bertz CT molecular complexity index is 585. The summed E-state index contributed by atoms with van der Waals surface area (Å²) in [5.41, 5.74) is 1.17. The van der Waals surface area contributed by atoms with Crippen molar-refractivity contribution < 1.29 is 17.1 Å². The molecule has 0 aliphatic carbocycles. The number of benzene rings is 1. The van der Waals surface area contributed by atoms with E-state index in [0.717, 1.165) is 11.6 Å². The Balaban J connectivity index is 2.58. The first-order valence-electron chi connectivity index (χ1n) is 4.95. The maximum absolute atomic E-state index is 13.0. The molecule has 92 valence electrons. The minimum atomic E-state index is -4.79. The second kappa shape index (κ2) is 4.38. The van der Waals surface area contributed by atoms with Crippen molar-refractivity contribution in [2.45, 2.75) is 24.2 Å². The quantitative estimate of drug-likeness (QED) is 0.808. The molecule has 0 saturated heterocycles. The molecule has 17 heavy (non-hydrogen) atoms. The van der Waals surface area contributed by atoms with Crippen molar-refractivity contribution in [1.29, 1.82) is 0 Å². The van der Waals surface area contributed by atoms with E-state index >= 15 is 0 Å². The standard InChI is InChI=1S/C10H9BrFNO3S/c11-7-4-6-2-1-3-10(14)13-8(6)5-9(7)17(12,15)16/h4-5H,1-3H2,(H,13,14). The second-order valence-electron chi connectivity index (χ2n) is 3.78. The molecular weight excluding hydrogens is 313 g/mol. The van der Waals surface area contributed by atoms with E-state index in [1.807, 2.05) is 0 Å². The highest BCUT2D eigenvalue weighted by atomic mass is 79.9. The molecule has 7 heteroatoms. The van der Waals surface area contributed by atoms with Crippen molar-refractivity contribution >= 4 is 37.7 Å². The Labute approximate surface area is 107 Å². The summed E-state index contributed by atoms with van der Waals surface area (Å²) in [5.74, 6) is -0.187. The van der Waals surface area contributed by atoms with Crippen molar-refractivity contribution in [1.82, 2.24) is 0 Å². The van der Waals surface area contributed by atoms with Gasteiger partial charge in [-0.3, -0.25) is 4.79 Å². The van der Waals surface area contributed by atoms with Gasteiger partial charge < -0.3 is 5.32 Å². The maximum Gasteiger partial charge on any atom is 0.333 e. The van der Waals surface area contributed by atoms with Crippen molar-refractivity contribution in [3.05, 3.63) is 22.2 Å². The highest BCUT2D eigenvalue weighted by molar-refractivity contribution is 9.10. The van der Waals surface area contributed by atoms with Crippen LogP contribution in [0.3, 0.4) is 0 Å². The Kier molecular flexibility index (Phi) is 3.22. The van der Waals surface area contributed by atoms with Crippen LogP contribution >= 0.6 is 15.9 Å². The summed E-state index contributed by atoms with van der Waals surface area (Å²) < 4.78 is 35.0. The number of nitrogens with one attached hydrogen (secondary N) is 1. The summed E-state index contributed by atoms with van der Waals surface area (Å²) >= 11 is 3.02. The summed E-state index contributed by atoms with van der Waals surface area (Å²) in [6.07, 6.45) is 1.72. The molecule has 0 radical (unpaired) electrons. The fourth-order valence-electron chi connectivity index (χ4n) is 1.76. The molecule has 1 aliphatic heterocycles. The smallest absolute Gasteiger partial charge is 0.326 e. The zero-order valence-corrected chi connectivity index (χ0v) is 11.1. The van der Waals surface area contributed by atoms with Crippen LogP contribution in [0.1, 0.15) is 18.4 Å². The Morgan fingerprint density at radius 3 is 2.65 bits per heavy atom. The number of amides is 1. The summed E-state index contributed by atoms with van der Waals surface area (Å²) in [4.78, 5) is 10.9. The molecular formula is C10H9BrFNO3S. The normalized spacial score (nSPS) is 16.0. The van der Waals surface area contributed by atoms with E-state index in [2.05, 4.69) is 21.2 Å². The zero-order chi connectivity index (χ0) is 12.6. The lowest BCUT2D eigenvalue weighted by atomic mass is 10.1. The molecule has 1 aliphatic rings. The van der Waals surface area contributed by atoms with Gasteiger partial charge >= 0.3 is 10.2 Å². The molecule has 1 aromatic rings. The molecule has 1 aromatic carbocycles. The topological polar surface area (TPSA) is 63.2 Å². The van der Waals surface area contributed by atoms with Crippen LogP contribution in [-0.4, -0.2) is 14.3 Å². The summed E-state index contributed by atoms with van der Waals surface area (Å²) in [5, 5.41) is 2.57. The van der Waals surface area contributed by atoms with Crippen molar-refractivity contribution in [3.8, 4) is 0 Å². The molecule has 1 amide bonds. The number of carbonyl (C=O) groups excluding carboxylic acids is 1. The van der Waals surface area contributed by atoms with Gasteiger partial charge in [-0.05, 0) is 46.5 Å². The predicted molar refractivity (Wildman–Crippen MR) is 64.0 cm³/mol. The predicted octanol–water partition coefficient (Wildman–Crippen LogP) is 2.38. The van der Waals surface area contributed by atoms with E-state index < -0.39 is 15.1 Å². The van der Waals surface area contributed by atoms with Gasteiger partial charge in [0.05, 0.1) is 0 Å². The lowest BCUT2D eigenvalue weighted by Gasteiger charge is -2.09. The number of fused-ring (bicyclic) bond motifs is 1. The molecule has 0 bridgehead atoms. The minimum Gasteiger partial charge on any atom is -0.326 e. The third-order valence-corrected chi connectivity index (χ3v) is 4.33. The summed E-state index contributed by atoms with van der Waals surface area (Å²) in [6, 6.07) is 2.69. The van der Waals surface area contributed by atoms with Gasteiger partial charge in [0, 0.05) is 16.6 Å². The number of carbonyl (C=O) groups is 1. The first-order chi connectivity index (χ1) is 7.88. The van der Waals surface area contributed by atoms with Crippen LogP contribution in [0.25, 0.3) is 0 Å². The third-order valence-electron chi connectivity index (χ3n) is 2.54. The second-order valence-corrected chi connectivity index (χ2v) is 5.95. The van der Waals surface area contributed by atoms with Crippen LogP contribution in [-0.2, 0) is 21.4 Å². The van der Waals surface area contributed by atoms with Crippen LogP contribution in [0.4, 0.5) is 9.57 Å². The number of hydrogen-bond donors (Lipinski definition) is 1. The molecule has 0 unspecified atom stereocenters.